The predicted octanol–water partition coefficient (Wildman–Crippen LogP) is 6.32. The molecule has 8 aliphatic rings. The summed E-state index contributed by atoms with van der Waals surface area (Å²) >= 11 is 0. The zero-order chi connectivity index (χ0) is 41.5. The van der Waals surface area contributed by atoms with E-state index in [2.05, 4.69) is 42.8 Å². The number of piperazine rings is 1. The predicted molar refractivity (Wildman–Crippen MR) is 222 cm³/mol. The van der Waals surface area contributed by atoms with Crippen LogP contribution in [0.15, 0.2) is 41.0 Å². The number of morpholine rings is 1. The number of ketones is 2. The molecule has 1 aromatic carbocycles. The Morgan fingerprint density at radius 1 is 0.914 bits per heavy atom. The Balaban J connectivity index is 1.31. The van der Waals surface area contributed by atoms with Crippen molar-refractivity contribution in [2.24, 2.45) is 17.8 Å². The molecule has 1 amide bonds. The van der Waals surface area contributed by atoms with Gasteiger partial charge in [0.25, 0.3) is 0 Å². The fraction of sp³-hybridized carbons (Fsp3) is 0.638. The minimum Gasteiger partial charge on any atom is -0.506 e. The molecule has 9 rings (SSSR count). The summed E-state index contributed by atoms with van der Waals surface area (Å²) < 4.78 is 27.5. The van der Waals surface area contributed by atoms with Crippen molar-refractivity contribution in [1.29, 1.82) is 0 Å². The van der Waals surface area contributed by atoms with Crippen LogP contribution in [0.5, 0.6) is 17.2 Å². The Kier molecular flexibility index (Phi) is 10.4. The van der Waals surface area contributed by atoms with E-state index in [1.807, 2.05) is 64.7 Å². The van der Waals surface area contributed by atoms with E-state index in [1.165, 1.54) is 5.57 Å². The molecule has 314 valence electrons. The number of aromatic hydroxyl groups is 1. The molecule has 7 atom stereocenters. The molecule has 3 unspecified atom stereocenters. The number of hydrogen-bond acceptors (Lipinski definition) is 10. The molecule has 1 N–H and O–H groups in total. The number of phenolic OH excluding ortho intramolecular Hbond substituents is 1. The molecular formula is C47H63N3O8. The summed E-state index contributed by atoms with van der Waals surface area (Å²) in [5.41, 5.74) is -0.365. The zero-order valence-electron chi connectivity index (χ0n) is 36.0. The second-order valence-corrected chi connectivity index (χ2v) is 19.2. The van der Waals surface area contributed by atoms with Gasteiger partial charge in [0.15, 0.2) is 22.8 Å². The number of phenols is 1. The lowest BCUT2D eigenvalue weighted by Crippen LogP contribution is -2.82. The van der Waals surface area contributed by atoms with Crippen LogP contribution < -0.4 is 9.47 Å². The monoisotopic (exact) mass is 797 g/mol. The molecule has 3 aliphatic carbocycles. The quantitative estimate of drug-likeness (QED) is 0.225. The highest BCUT2D eigenvalue weighted by Gasteiger charge is 2.86. The van der Waals surface area contributed by atoms with Gasteiger partial charge in [-0.2, -0.15) is 0 Å². The minimum absolute atomic E-state index is 0.0589. The Labute approximate surface area is 344 Å². The van der Waals surface area contributed by atoms with Gasteiger partial charge in [-0.1, -0.05) is 29.4 Å². The first-order valence-electron chi connectivity index (χ1n) is 21.5. The van der Waals surface area contributed by atoms with Crippen LogP contribution in [-0.4, -0.2) is 125 Å². The second kappa shape index (κ2) is 14.7. The third-order valence-corrected chi connectivity index (χ3v) is 14.3. The SMILES string of the molecule is CC(C)=CCC[C@]1(C)C=Cc2c(O)c3c(c(CC=C(C)C)c2O1)OC12C(C3=O)C(N3CCOCC3)[C@H]3C[C@@H]1C(C)(C)O[C@@]2(C/C=C(/C)C(=O)N1CCN(C)CC1)C3=O. The summed E-state index contributed by atoms with van der Waals surface area (Å²) in [6.45, 7) is 21.1. The molecule has 1 aromatic rings. The number of fused-ring (bicyclic) bond motifs is 2. The van der Waals surface area contributed by atoms with Gasteiger partial charge >= 0.3 is 0 Å². The average molecular weight is 798 g/mol. The van der Waals surface area contributed by atoms with Gasteiger partial charge in [-0.05, 0) is 100 Å². The van der Waals surface area contributed by atoms with Crippen molar-refractivity contribution >= 4 is 23.5 Å². The Hall–Kier alpha value is -3.77. The molecule has 6 fully saturated rings. The molecule has 3 saturated carbocycles. The highest BCUT2D eigenvalue weighted by atomic mass is 16.6. The normalized spacial score (nSPS) is 33.8. The number of hydrogen-bond donors (Lipinski definition) is 1. The van der Waals surface area contributed by atoms with E-state index in [-0.39, 0.29) is 46.9 Å². The Morgan fingerprint density at radius 2 is 1.60 bits per heavy atom. The first kappa shape index (κ1) is 41.0. The van der Waals surface area contributed by atoms with E-state index in [0.717, 1.165) is 25.1 Å². The summed E-state index contributed by atoms with van der Waals surface area (Å²) in [4.78, 5) is 51.6. The van der Waals surface area contributed by atoms with Gasteiger partial charge in [-0.3, -0.25) is 19.3 Å². The lowest BCUT2D eigenvalue weighted by Gasteiger charge is -2.64. The molecule has 4 bridgehead atoms. The van der Waals surface area contributed by atoms with Crippen LogP contribution in [0, 0.1) is 17.8 Å². The van der Waals surface area contributed by atoms with Crippen LogP contribution in [0.2, 0.25) is 0 Å². The molecule has 11 heteroatoms. The highest BCUT2D eigenvalue weighted by Crippen LogP contribution is 2.71. The number of ether oxygens (including phenoxy) is 4. The van der Waals surface area contributed by atoms with E-state index in [4.69, 9.17) is 18.9 Å². The fourth-order valence-corrected chi connectivity index (χ4v) is 11.4. The maximum atomic E-state index is 15.8. The number of carbonyl (C=O) groups excluding carboxylic acids is 3. The number of likely N-dealkylation sites (N-methyl/N-ethyl adjacent to an activating group) is 1. The van der Waals surface area contributed by atoms with Crippen molar-refractivity contribution in [3.8, 4) is 17.2 Å². The van der Waals surface area contributed by atoms with Crippen molar-refractivity contribution in [2.45, 2.75) is 116 Å². The third-order valence-electron chi connectivity index (χ3n) is 14.3. The topological polar surface area (TPSA) is 118 Å². The number of carbonyl (C=O) groups is 3. The van der Waals surface area contributed by atoms with Gasteiger partial charge < -0.3 is 33.9 Å². The number of benzene rings is 1. The van der Waals surface area contributed by atoms with Crippen molar-refractivity contribution in [3.05, 3.63) is 57.7 Å². The van der Waals surface area contributed by atoms with Gasteiger partial charge in [-0.25, -0.2) is 0 Å². The fourth-order valence-electron chi connectivity index (χ4n) is 11.4. The molecule has 1 spiro atoms. The third kappa shape index (κ3) is 6.32. The zero-order valence-corrected chi connectivity index (χ0v) is 36.0. The van der Waals surface area contributed by atoms with Crippen LogP contribution in [0.1, 0.15) is 103 Å². The standard InChI is InChI=1S/C47H63N3O8/c1-28(2)11-10-16-45(8)17-15-31-38(51)35-39(52)36-37(49-23-25-55-26-24-49)33-27-34-44(6,7)58-46(42(33)53,18-14-30(5)43(54)50-21-19-48(9)20-22-50)47(34,36)57-41(35)32(40(31)56-45)13-12-29(3)4/h11-12,14-15,17,33-34,36-37,51H,10,13,16,18-27H2,1-9H3/b30-14-/t33-,34-,36?,37?,45-,46+,47?/m1/s1. The van der Waals surface area contributed by atoms with E-state index in [9.17, 15) is 9.90 Å². The van der Waals surface area contributed by atoms with Gasteiger partial charge in [0.05, 0.1) is 30.3 Å². The van der Waals surface area contributed by atoms with Gasteiger partial charge in [-0.15, -0.1) is 0 Å². The van der Waals surface area contributed by atoms with Crippen molar-refractivity contribution in [1.82, 2.24) is 14.7 Å². The Morgan fingerprint density at radius 3 is 2.28 bits per heavy atom. The van der Waals surface area contributed by atoms with E-state index >= 15 is 9.59 Å². The maximum Gasteiger partial charge on any atom is 0.249 e. The van der Waals surface area contributed by atoms with Crippen molar-refractivity contribution in [3.63, 3.8) is 0 Å². The molecule has 3 saturated heterocycles. The number of allylic oxidation sites excluding steroid dienone is 4. The van der Waals surface area contributed by atoms with Gasteiger partial charge in [0.1, 0.15) is 28.4 Å². The molecule has 5 heterocycles. The summed E-state index contributed by atoms with van der Waals surface area (Å²) in [6, 6.07) is -0.474. The van der Waals surface area contributed by atoms with Crippen LogP contribution in [0.4, 0.5) is 0 Å². The lowest BCUT2D eigenvalue weighted by atomic mass is 9.44. The first-order valence-corrected chi connectivity index (χ1v) is 21.5. The highest BCUT2D eigenvalue weighted by molar-refractivity contribution is 6.10. The number of Topliss-reactive ketones (excluding diaryl/α,β-unsaturated/α-hetero) is 2. The molecular weight excluding hydrogens is 735 g/mol. The molecule has 58 heavy (non-hydrogen) atoms. The van der Waals surface area contributed by atoms with E-state index in [1.54, 1.807) is 0 Å². The van der Waals surface area contributed by atoms with Crippen LogP contribution in [-0.2, 0) is 25.5 Å². The van der Waals surface area contributed by atoms with E-state index in [0.29, 0.717) is 81.1 Å². The largest absolute Gasteiger partial charge is 0.506 e. The van der Waals surface area contributed by atoms with Crippen molar-refractivity contribution < 1.29 is 38.4 Å². The van der Waals surface area contributed by atoms with Crippen LogP contribution >= 0.6 is 0 Å². The van der Waals surface area contributed by atoms with Crippen LogP contribution in [0.25, 0.3) is 6.08 Å². The number of nitrogens with zero attached hydrogens (tertiary/aromatic N) is 3. The summed E-state index contributed by atoms with van der Waals surface area (Å²) in [6.07, 6.45) is 12.5. The summed E-state index contributed by atoms with van der Waals surface area (Å²) in [5.74, 6) is -1.43. The van der Waals surface area contributed by atoms with Crippen molar-refractivity contribution in [2.75, 3.05) is 59.5 Å². The minimum atomic E-state index is -1.56. The summed E-state index contributed by atoms with van der Waals surface area (Å²) in [7, 11) is 2.06. The second-order valence-electron chi connectivity index (χ2n) is 19.2. The van der Waals surface area contributed by atoms with Crippen LogP contribution in [0.3, 0.4) is 0 Å². The molecule has 5 aliphatic heterocycles. The number of amides is 1. The summed E-state index contributed by atoms with van der Waals surface area (Å²) in [5, 5.41) is 12.3. The maximum absolute atomic E-state index is 15.8. The Bertz CT molecular complexity index is 2010. The molecule has 0 aromatic heterocycles. The van der Waals surface area contributed by atoms with E-state index < -0.39 is 40.3 Å². The van der Waals surface area contributed by atoms with Gasteiger partial charge in [0, 0.05) is 74.7 Å². The number of rotatable bonds is 9. The smallest absolute Gasteiger partial charge is 0.249 e. The first-order chi connectivity index (χ1) is 27.4. The lowest BCUT2D eigenvalue weighted by molar-refractivity contribution is -0.216. The van der Waals surface area contributed by atoms with Gasteiger partial charge in [0.2, 0.25) is 5.91 Å². The molecule has 0 radical (unpaired) electrons. The average Bonchev–Trinajstić information content (AvgIpc) is 3.32. The molecule has 11 nitrogen and oxygen atoms in total.